The van der Waals surface area contributed by atoms with Gasteiger partial charge in [0.2, 0.25) is 0 Å². The summed E-state index contributed by atoms with van der Waals surface area (Å²) in [5, 5.41) is 5.02. The van der Waals surface area contributed by atoms with Crippen LogP contribution < -0.4 is 10.1 Å². The zero-order valence-corrected chi connectivity index (χ0v) is 14.2. The second kappa shape index (κ2) is 8.76. The number of rotatable bonds is 7. The molecule has 0 bridgehead atoms. The van der Waals surface area contributed by atoms with Crippen molar-refractivity contribution >= 4 is 46.4 Å². The lowest BCUT2D eigenvalue weighted by Crippen LogP contribution is -2.30. The Morgan fingerprint density at radius 3 is 2.48 bits per heavy atom. The molecule has 2 aromatic rings. The molecule has 0 unspecified atom stereocenters. The normalized spacial score (nSPS) is 10.2. The van der Waals surface area contributed by atoms with Crippen LogP contribution in [0.5, 0.6) is 5.75 Å². The Morgan fingerprint density at radius 2 is 1.83 bits per heavy atom. The Morgan fingerprint density at radius 1 is 1.09 bits per heavy atom. The molecule has 1 amide bonds. The van der Waals surface area contributed by atoms with Gasteiger partial charge in [-0.1, -0.05) is 35.3 Å². The number of amides is 1. The van der Waals surface area contributed by atoms with Crippen molar-refractivity contribution in [3.63, 3.8) is 0 Å². The number of thiophene rings is 1. The summed E-state index contributed by atoms with van der Waals surface area (Å²) >= 11 is 13.2. The number of hydrogen-bond acceptors (Lipinski definition) is 5. The minimum absolute atomic E-state index is 0.0231. The number of carbonyl (C=O) groups excluding carboxylic acids is 2. The fraction of sp³-hybridized carbons (Fsp3) is 0.200. The van der Waals surface area contributed by atoms with Crippen molar-refractivity contribution in [2.75, 3.05) is 19.8 Å². The molecule has 23 heavy (non-hydrogen) atoms. The fourth-order valence-electron chi connectivity index (χ4n) is 1.62. The molecule has 0 fully saturated rings. The van der Waals surface area contributed by atoms with Crippen LogP contribution in [-0.2, 0) is 9.53 Å². The Kier molecular flexibility index (Phi) is 6.70. The highest BCUT2D eigenvalue weighted by Gasteiger charge is 2.10. The van der Waals surface area contributed by atoms with Crippen LogP contribution in [-0.4, -0.2) is 31.6 Å². The summed E-state index contributed by atoms with van der Waals surface area (Å²) in [5.74, 6) is -0.516. The van der Waals surface area contributed by atoms with E-state index in [0.717, 1.165) is 0 Å². The van der Waals surface area contributed by atoms with Crippen LogP contribution >= 0.6 is 34.5 Å². The highest BCUT2D eigenvalue weighted by atomic mass is 35.5. The quantitative estimate of drug-likeness (QED) is 0.596. The summed E-state index contributed by atoms with van der Waals surface area (Å²) in [7, 11) is 0. The number of ether oxygens (including phenoxy) is 2. The Bertz CT molecular complexity index is 656. The van der Waals surface area contributed by atoms with Gasteiger partial charge in [0.1, 0.15) is 19.8 Å². The lowest BCUT2D eigenvalue weighted by atomic mass is 10.3. The number of hydrogen-bond donors (Lipinski definition) is 1. The predicted octanol–water partition coefficient (Wildman–Crippen LogP) is 3.41. The second-order valence-corrected chi connectivity index (χ2v) is 6.04. The summed E-state index contributed by atoms with van der Waals surface area (Å²) in [6.45, 7) is -0.0765. The molecule has 0 saturated heterocycles. The third-order valence-electron chi connectivity index (χ3n) is 2.65. The van der Waals surface area contributed by atoms with E-state index in [-0.39, 0.29) is 25.7 Å². The molecule has 0 saturated carbocycles. The summed E-state index contributed by atoms with van der Waals surface area (Å²) in [4.78, 5) is 23.7. The maximum absolute atomic E-state index is 11.6. The van der Waals surface area contributed by atoms with Gasteiger partial charge in [0, 0.05) is 0 Å². The van der Waals surface area contributed by atoms with Gasteiger partial charge < -0.3 is 14.8 Å². The van der Waals surface area contributed by atoms with Crippen molar-refractivity contribution in [3.05, 3.63) is 50.6 Å². The van der Waals surface area contributed by atoms with Crippen molar-refractivity contribution < 1.29 is 19.1 Å². The summed E-state index contributed by atoms with van der Waals surface area (Å²) in [5.41, 5.74) is 0. The van der Waals surface area contributed by atoms with Gasteiger partial charge in [0.05, 0.1) is 14.9 Å². The van der Waals surface area contributed by atoms with Gasteiger partial charge in [-0.3, -0.25) is 9.59 Å². The molecule has 1 heterocycles. The molecular formula is C15H13Cl2NO4S. The van der Waals surface area contributed by atoms with Crippen LogP contribution in [0.25, 0.3) is 0 Å². The molecule has 0 aliphatic rings. The largest absolute Gasteiger partial charge is 0.487 e. The van der Waals surface area contributed by atoms with Gasteiger partial charge >= 0.3 is 5.97 Å². The van der Waals surface area contributed by atoms with Crippen molar-refractivity contribution in [1.82, 2.24) is 5.32 Å². The van der Waals surface area contributed by atoms with Crippen molar-refractivity contribution in [2.24, 2.45) is 0 Å². The molecule has 2 rings (SSSR count). The van der Waals surface area contributed by atoms with E-state index < -0.39 is 5.97 Å². The third kappa shape index (κ3) is 5.42. The SMILES string of the molecule is O=C(CNC(=O)c1cccs1)OCCOc1c(Cl)cccc1Cl. The van der Waals surface area contributed by atoms with E-state index in [9.17, 15) is 9.59 Å². The summed E-state index contributed by atoms with van der Waals surface area (Å²) in [6, 6.07) is 8.43. The van der Waals surface area contributed by atoms with E-state index in [4.69, 9.17) is 32.7 Å². The van der Waals surface area contributed by atoms with E-state index in [1.54, 1.807) is 35.7 Å². The number of benzene rings is 1. The first-order valence-electron chi connectivity index (χ1n) is 6.62. The first-order chi connectivity index (χ1) is 11.1. The van der Waals surface area contributed by atoms with Crippen LogP contribution in [0.1, 0.15) is 9.67 Å². The van der Waals surface area contributed by atoms with Gasteiger partial charge in [-0.25, -0.2) is 0 Å². The Hall–Kier alpha value is -1.76. The van der Waals surface area contributed by atoms with Crippen LogP contribution in [0, 0.1) is 0 Å². The molecule has 1 aromatic heterocycles. The van der Waals surface area contributed by atoms with E-state index in [1.807, 2.05) is 0 Å². The van der Waals surface area contributed by atoms with E-state index in [1.165, 1.54) is 11.3 Å². The molecule has 1 aromatic carbocycles. The highest BCUT2D eigenvalue weighted by molar-refractivity contribution is 7.12. The number of para-hydroxylation sites is 1. The first-order valence-corrected chi connectivity index (χ1v) is 8.25. The van der Waals surface area contributed by atoms with Gasteiger partial charge in [-0.05, 0) is 23.6 Å². The predicted molar refractivity (Wildman–Crippen MR) is 89.6 cm³/mol. The lowest BCUT2D eigenvalue weighted by molar-refractivity contribution is -0.143. The summed E-state index contributed by atoms with van der Waals surface area (Å²) in [6.07, 6.45) is 0. The highest BCUT2D eigenvalue weighted by Crippen LogP contribution is 2.32. The zero-order chi connectivity index (χ0) is 16.7. The minimum atomic E-state index is -0.552. The average Bonchev–Trinajstić information content (AvgIpc) is 3.06. The smallest absolute Gasteiger partial charge is 0.325 e. The number of halogens is 2. The molecule has 122 valence electrons. The van der Waals surface area contributed by atoms with E-state index >= 15 is 0 Å². The molecular weight excluding hydrogens is 361 g/mol. The maximum atomic E-state index is 11.6. The number of esters is 1. The molecule has 0 aliphatic heterocycles. The molecule has 0 aliphatic carbocycles. The second-order valence-electron chi connectivity index (χ2n) is 4.28. The molecule has 0 atom stereocenters. The van der Waals surface area contributed by atoms with Gasteiger partial charge in [-0.2, -0.15) is 0 Å². The van der Waals surface area contributed by atoms with Crippen molar-refractivity contribution in [2.45, 2.75) is 0 Å². The van der Waals surface area contributed by atoms with Crippen LogP contribution in [0.4, 0.5) is 0 Å². The maximum Gasteiger partial charge on any atom is 0.325 e. The third-order valence-corrected chi connectivity index (χ3v) is 4.11. The number of nitrogens with one attached hydrogen (secondary N) is 1. The van der Waals surface area contributed by atoms with Crippen LogP contribution in [0.15, 0.2) is 35.7 Å². The average molecular weight is 374 g/mol. The van der Waals surface area contributed by atoms with Crippen molar-refractivity contribution in [1.29, 1.82) is 0 Å². The Balaban J connectivity index is 1.66. The van der Waals surface area contributed by atoms with Crippen molar-refractivity contribution in [3.8, 4) is 5.75 Å². The lowest BCUT2D eigenvalue weighted by Gasteiger charge is -2.10. The van der Waals surface area contributed by atoms with Crippen LogP contribution in [0.3, 0.4) is 0 Å². The van der Waals surface area contributed by atoms with E-state index in [0.29, 0.717) is 20.7 Å². The van der Waals surface area contributed by atoms with Gasteiger partial charge in [0.25, 0.3) is 5.91 Å². The standard InChI is InChI=1S/C15H13Cl2NO4S/c16-10-3-1-4-11(17)14(10)22-7-6-21-13(19)9-18-15(20)12-5-2-8-23-12/h1-5,8H,6-7,9H2,(H,18,20). The topological polar surface area (TPSA) is 64.6 Å². The van der Waals surface area contributed by atoms with Gasteiger partial charge in [-0.15, -0.1) is 11.3 Å². The number of carbonyl (C=O) groups is 2. The molecule has 0 spiro atoms. The fourth-order valence-corrected chi connectivity index (χ4v) is 2.76. The zero-order valence-electron chi connectivity index (χ0n) is 11.9. The molecule has 5 nitrogen and oxygen atoms in total. The van der Waals surface area contributed by atoms with Crippen LogP contribution in [0.2, 0.25) is 10.0 Å². The molecule has 0 radical (unpaired) electrons. The summed E-state index contributed by atoms with van der Waals surface area (Å²) < 4.78 is 10.3. The molecule has 8 heteroatoms. The van der Waals surface area contributed by atoms with E-state index in [2.05, 4.69) is 5.32 Å². The minimum Gasteiger partial charge on any atom is -0.487 e. The molecule has 1 N–H and O–H groups in total. The Labute approximate surface area is 147 Å². The van der Waals surface area contributed by atoms with Gasteiger partial charge in [0.15, 0.2) is 5.75 Å². The monoisotopic (exact) mass is 373 g/mol. The first kappa shape index (κ1) is 17.6.